The number of benzene rings is 1. The summed E-state index contributed by atoms with van der Waals surface area (Å²) in [7, 11) is 0. The first kappa shape index (κ1) is 18.3. The molecule has 0 unspecified atom stereocenters. The van der Waals surface area contributed by atoms with Crippen molar-refractivity contribution in [2.45, 2.75) is 39.3 Å². The second kappa shape index (κ2) is 7.22. The highest BCUT2D eigenvalue weighted by Gasteiger charge is 2.21. The van der Waals surface area contributed by atoms with Crippen LogP contribution < -0.4 is 10.6 Å². The van der Waals surface area contributed by atoms with Crippen LogP contribution >= 0.6 is 0 Å². The predicted molar refractivity (Wildman–Crippen MR) is 97.1 cm³/mol. The molecule has 0 spiro atoms. The van der Waals surface area contributed by atoms with Crippen LogP contribution in [0.25, 0.3) is 10.8 Å². The fourth-order valence-electron chi connectivity index (χ4n) is 2.16. The molecule has 0 aliphatic heterocycles. The summed E-state index contributed by atoms with van der Waals surface area (Å²) in [5, 5.41) is 6.85. The van der Waals surface area contributed by atoms with Gasteiger partial charge in [0.1, 0.15) is 23.2 Å². The van der Waals surface area contributed by atoms with Gasteiger partial charge >= 0.3 is 6.09 Å². The van der Waals surface area contributed by atoms with E-state index in [0.29, 0.717) is 11.5 Å². The molecule has 6 heteroatoms. The van der Waals surface area contributed by atoms with Gasteiger partial charge in [-0.25, -0.2) is 9.78 Å². The van der Waals surface area contributed by atoms with Gasteiger partial charge in [-0.1, -0.05) is 24.3 Å². The number of terminal acetylenes is 1. The number of pyridine rings is 1. The Kier molecular flexibility index (Phi) is 5.28. The summed E-state index contributed by atoms with van der Waals surface area (Å²) in [4.78, 5) is 28.3. The summed E-state index contributed by atoms with van der Waals surface area (Å²) in [5.74, 6) is 2.43. The lowest BCUT2D eigenvalue weighted by Gasteiger charge is -2.21. The molecule has 1 atom stereocenters. The van der Waals surface area contributed by atoms with Crippen LogP contribution in [0.1, 0.15) is 33.4 Å². The molecule has 2 amide bonds. The first-order valence-electron chi connectivity index (χ1n) is 7.86. The largest absolute Gasteiger partial charge is 0.444 e. The van der Waals surface area contributed by atoms with E-state index in [0.717, 1.165) is 10.8 Å². The topological polar surface area (TPSA) is 80.3 Å². The number of nitrogens with zero attached hydrogens (tertiary/aromatic N) is 1. The summed E-state index contributed by atoms with van der Waals surface area (Å²) in [5.41, 5.74) is -0.192. The molecule has 2 rings (SSSR count). The van der Waals surface area contributed by atoms with Crippen molar-refractivity contribution in [2.24, 2.45) is 0 Å². The first-order chi connectivity index (χ1) is 11.7. The van der Waals surface area contributed by atoms with Gasteiger partial charge < -0.3 is 15.4 Å². The Morgan fingerprint density at radius 1 is 1.28 bits per heavy atom. The van der Waals surface area contributed by atoms with E-state index < -0.39 is 23.6 Å². The number of alkyl carbamates (subject to hydrolysis) is 1. The molecule has 0 saturated heterocycles. The molecule has 0 radical (unpaired) electrons. The molecular formula is C19H21N3O3. The number of hydrogen-bond acceptors (Lipinski definition) is 4. The van der Waals surface area contributed by atoms with Gasteiger partial charge in [-0.15, -0.1) is 6.42 Å². The third kappa shape index (κ3) is 4.95. The van der Waals surface area contributed by atoms with Crippen LogP contribution in [-0.2, 0) is 9.53 Å². The van der Waals surface area contributed by atoms with Crippen LogP contribution in [0.2, 0.25) is 0 Å². The number of ether oxygens (including phenoxy) is 1. The summed E-state index contributed by atoms with van der Waals surface area (Å²) < 4.78 is 5.13. The van der Waals surface area contributed by atoms with E-state index in [1.54, 1.807) is 33.8 Å². The fourth-order valence-corrected chi connectivity index (χ4v) is 2.16. The van der Waals surface area contributed by atoms with Crippen molar-refractivity contribution in [1.82, 2.24) is 10.3 Å². The van der Waals surface area contributed by atoms with E-state index in [1.165, 1.54) is 0 Å². The maximum atomic E-state index is 12.3. The molecular weight excluding hydrogens is 318 g/mol. The van der Waals surface area contributed by atoms with E-state index in [9.17, 15) is 9.59 Å². The molecule has 1 aromatic carbocycles. The summed E-state index contributed by atoms with van der Waals surface area (Å²) >= 11 is 0. The summed E-state index contributed by atoms with van der Waals surface area (Å²) in [6.07, 6.45) is 4.84. The molecule has 25 heavy (non-hydrogen) atoms. The van der Waals surface area contributed by atoms with Crippen molar-refractivity contribution in [3.63, 3.8) is 0 Å². The lowest BCUT2D eigenvalue weighted by Crippen LogP contribution is -2.44. The van der Waals surface area contributed by atoms with Crippen LogP contribution in [0.15, 0.2) is 30.3 Å². The molecule has 6 nitrogen and oxygen atoms in total. The molecule has 0 saturated carbocycles. The van der Waals surface area contributed by atoms with Crippen molar-refractivity contribution in [1.29, 1.82) is 0 Å². The van der Waals surface area contributed by atoms with Crippen LogP contribution in [0.4, 0.5) is 10.6 Å². The van der Waals surface area contributed by atoms with Crippen LogP contribution in [-0.4, -0.2) is 28.6 Å². The zero-order chi connectivity index (χ0) is 18.6. The number of carbonyl (C=O) groups excluding carboxylic acids is 2. The van der Waals surface area contributed by atoms with Gasteiger partial charge in [-0.3, -0.25) is 4.79 Å². The molecule has 1 aromatic heterocycles. The average Bonchev–Trinajstić information content (AvgIpc) is 2.52. The van der Waals surface area contributed by atoms with Gasteiger partial charge in [-0.2, -0.15) is 0 Å². The maximum absolute atomic E-state index is 12.3. The van der Waals surface area contributed by atoms with E-state index in [-0.39, 0.29) is 0 Å². The highest BCUT2D eigenvalue weighted by atomic mass is 16.6. The lowest BCUT2D eigenvalue weighted by molar-refractivity contribution is -0.117. The van der Waals surface area contributed by atoms with Crippen LogP contribution in [0, 0.1) is 12.3 Å². The van der Waals surface area contributed by atoms with Gasteiger partial charge in [-0.05, 0) is 45.1 Å². The molecule has 0 aliphatic carbocycles. The highest BCUT2D eigenvalue weighted by molar-refractivity contribution is 5.98. The lowest BCUT2D eigenvalue weighted by atomic mass is 10.1. The number of hydrogen-bond donors (Lipinski definition) is 2. The zero-order valence-corrected chi connectivity index (χ0v) is 14.7. The van der Waals surface area contributed by atoms with E-state index in [1.807, 2.05) is 24.3 Å². The Bertz CT molecular complexity index is 847. The van der Waals surface area contributed by atoms with Crippen molar-refractivity contribution < 1.29 is 14.3 Å². The minimum absolute atomic E-state index is 0.328. The van der Waals surface area contributed by atoms with Gasteiger partial charge in [0.15, 0.2) is 0 Å². The number of rotatable bonds is 3. The Morgan fingerprint density at radius 2 is 1.96 bits per heavy atom. The molecule has 0 fully saturated rings. The molecule has 130 valence electrons. The quantitative estimate of drug-likeness (QED) is 0.842. The number of amides is 2. The zero-order valence-electron chi connectivity index (χ0n) is 14.7. The van der Waals surface area contributed by atoms with Crippen LogP contribution in [0.5, 0.6) is 0 Å². The third-order valence-electron chi connectivity index (χ3n) is 3.25. The highest BCUT2D eigenvalue weighted by Crippen LogP contribution is 2.20. The number of nitrogens with one attached hydrogen (secondary N) is 2. The van der Waals surface area contributed by atoms with Gasteiger partial charge in [0.05, 0.1) is 0 Å². The van der Waals surface area contributed by atoms with E-state index >= 15 is 0 Å². The Hall–Kier alpha value is -3.07. The number of carbonyl (C=O) groups is 2. The normalized spacial score (nSPS) is 12.1. The van der Waals surface area contributed by atoms with Crippen molar-refractivity contribution in [3.05, 3.63) is 36.0 Å². The molecule has 1 heterocycles. The SMILES string of the molecule is C#Cc1nc(NC(=O)[C@H](C)NC(=O)OC(C)(C)C)cc2ccccc12. The van der Waals surface area contributed by atoms with Crippen molar-refractivity contribution in [2.75, 3.05) is 5.32 Å². The number of fused-ring (bicyclic) bond motifs is 1. The summed E-state index contributed by atoms with van der Waals surface area (Å²) in [6, 6.07) is 8.44. The molecule has 0 aliphatic rings. The Morgan fingerprint density at radius 3 is 2.60 bits per heavy atom. The fraction of sp³-hybridized carbons (Fsp3) is 0.316. The van der Waals surface area contributed by atoms with Crippen molar-refractivity contribution in [3.8, 4) is 12.3 Å². The van der Waals surface area contributed by atoms with Crippen LogP contribution in [0.3, 0.4) is 0 Å². The van der Waals surface area contributed by atoms with E-state index in [2.05, 4.69) is 21.5 Å². The van der Waals surface area contributed by atoms with Gasteiger partial charge in [0.2, 0.25) is 5.91 Å². The Labute approximate surface area is 147 Å². The minimum Gasteiger partial charge on any atom is -0.444 e. The molecule has 2 aromatic rings. The third-order valence-corrected chi connectivity index (χ3v) is 3.25. The second-order valence-electron chi connectivity index (χ2n) is 6.58. The first-order valence-corrected chi connectivity index (χ1v) is 7.86. The van der Waals surface area contributed by atoms with E-state index in [4.69, 9.17) is 11.2 Å². The molecule has 0 bridgehead atoms. The smallest absolute Gasteiger partial charge is 0.408 e. The second-order valence-corrected chi connectivity index (χ2v) is 6.58. The minimum atomic E-state index is -0.794. The molecule has 2 N–H and O–H groups in total. The maximum Gasteiger partial charge on any atom is 0.408 e. The van der Waals surface area contributed by atoms with Crippen molar-refractivity contribution >= 4 is 28.6 Å². The monoisotopic (exact) mass is 339 g/mol. The standard InChI is InChI=1S/C19H21N3O3/c1-6-15-14-10-8-7-9-13(14)11-16(21-15)22-17(23)12(2)20-18(24)25-19(3,4)5/h1,7-12H,2-5H3,(H,20,24)(H,21,22,23)/t12-/m0/s1. The Balaban J connectivity index is 2.11. The van der Waals surface area contributed by atoms with Gasteiger partial charge in [0, 0.05) is 5.39 Å². The number of aromatic nitrogens is 1. The summed E-state index contributed by atoms with van der Waals surface area (Å²) in [6.45, 7) is 6.80. The predicted octanol–water partition coefficient (Wildman–Crippen LogP) is 3.07. The number of anilines is 1. The van der Waals surface area contributed by atoms with Gasteiger partial charge in [0.25, 0.3) is 0 Å². The average molecular weight is 339 g/mol.